The topological polar surface area (TPSA) is 102 Å². The Morgan fingerprint density at radius 3 is 2.67 bits per heavy atom. The Morgan fingerprint density at radius 1 is 1.05 bits per heavy atom. The molecule has 0 aliphatic heterocycles. The van der Waals surface area contributed by atoms with Crippen molar-refractivity contribution in [2.75, 3.05) is 0 Å². The number of pyridine rings is 1. The largest absolute Gasteiger partial charge is 0.434 e. The van der Waals surface area contributed by atoms with Gasteiger partial charge in [-0.3, -0.25) is 0 Å². The number of benzene rings is 2. The van der Waals surface area contributed by atoms with Gasteiger partial charge in [-0.25, -0.2) is 14.4 Å². The van der Waals surface area contributed by atoms with Gasteiger partial charge in [0.15, 0.2) is 11.4 Å². The Bertz CT molecular complexity index is 1720. The fraction of sp³-hybridized carbons (Fsp3) is 0.355. The van der Waals surface area contributed by atoms with Gasteiger partial charge in [-0.05, 0) is 91.6 Å². The molecule has 2 aromatic carbocycles. The van der Waals surface area contributed by atoms with E-state index in [2.05, 4.69) is 27.6 Å². The Labute approximate surface area is 231 Å². The molecule has 0 spiro atoms. The zero-order chi connectivity index (χ0) is 27.4. The number of halogens is 1. The van der Waals surface area contributed by atoms with Gasteiger partial charge < -0.3 is 19.4 Å². The van der Waals surface area contributed by atoms with E-state index >= 15 is 0 Å². The van der Waals surface area contributed by atoms with Gasteiger partial charge in [0.05, 0.1) is 6.10 Å². The van der Waals surface area contributed by atoms with Crippen molar-refractivity contribution in [1.29, 1.82) is 0 Å². The van der Waals surface area contributed by atoms with Crippen molar-refractivity contribution in [3.8, 4) is 34.1 Å². The van der Waals surface area contributed by atoms with Crippen molar-refractivity contribution < 1.29 is 13.9 Å². The van der Waals surface area contributed by atoms with Crippen LogP contribution in [0.1, 0.15) is 54.8 Å². The maximum Gasteiger partial charge on any atom is 0.246 e. The van der Waals surface area contributed by atoms with Gasteiger partial charge >= 0.3 is 0 Å². The number of oxazole rings is 1. The molecule has 5 aromatic rings. The van der Waals surface area contributed by atoms with Crippen molar-refractivity contribution in [3.05, 3.63) is 71.4 Å². The molecular weight excluding hydrogens is 507 g/mol. The molecule has 0 bridgehead atoms. The molecule has 7 rings (SSSR count). The van der Waals surface area contributed by atoms with Gasteiger partial charge in [0.1, 0.15) is 23.4 Å². The highest BCUT2D eigenvalue weighted by atomic mass is 19.1. The molecule has 0 amide bonds. The number of aryl methyl sites for hydroxylation is 2. The third-order valence-corrected chi connectivity index (χ3v) is 8.09. The van der Waals surface area contributed by atoms with Crippen LogP contribution in [0.5, 0.6) is 0 Å². The van der Waals surface area contributed by atoms with E-state index in [0.29, 0.717) is 35.4 Å². The molecule has 0 saturated heterocycles. The van der Waals surface area contributed by atoms with Crippen LogP contribution in [0, 0.1) is 12.7 Å². The number of hydrogen-bond donors (Lipinski definition) is 2. The van der Waals surface area contributed by atoms with E-state index in [1.54, 1.807) is 17.0 Å². The number of fused-ring (bicyclic) bond motifs is 1. The molecule has 9 heteroatoms. The molecule has 0 unspecified atom stereocenters. The molecule has 2 aliphatic rings. The number of aliphatic hydroxyl groups excluding tert-OH is 1. The van der Waals surface area contributed by atoms with Crippen LogP contribution in [-0.4, -0.2) is 42.0 Å². The molecule has 2 N–H and O–H groups in total. The van der Waals surface area contributed by atoms with Gasteiger partial charge in [-0.2, -0.15) is 0 Å². The van der Waals surface area contributed by atoms with Crippen LogP contribution in [0.25, 0.3) is 45.2 Å². The smallest absolute Gasteiger partial charge is 0.246 e. The van der Waals surface area contributed by atoms with Crippen LogP contribution >= 0.6 is 0 Å². The van der Waals surface area contributed by atoms with E-state index in [4.69, 9.17) is 14.4 Å². The van der Waals surface area contributed by atoms with Crippen LogP contribution in [-0.2, 0) is 13.6 Å². The molecule has 2 aliphatic carbocycles. The zero-order valence-corrected chi connectivity index (χ0v) is 22.6. The summed E-state index contributed by atoms with van der Waals surface area (Å²) in [6.45, 7) is 2.69. The molecule has 2 atom stereocenters. The maximum absolute atomic E-state index is 14.4. The molecule has 8 nitrogen and oxygen atoms in total. The highest BCUT2D eigenvalue weighted by Gasteiger charge is 2.28. The normalized spacial score (nSPS) is 19.1. The summed E-state index contributed by atoms with van der Waals surface area (Å²) in [6, 6.07) is 13.1. The van der Waals surface area contributed by atoms with E-state index in [1.807, 2.05) is 26.1 Å². The third kappa shape index (κ3) is 4.69. The SMILES string of the molecule is Cc1cc(CN[C@@H]2CCC[C@@H]2O)cc2nc(-c3cc(-c4ccc(F)cc4-c4nncn4C)cc(C4CC4)n3)oc12. The number of hydrogen-bond acceptors (Lipinski definition) is 7. The van der Waals surface area contributed by atoms with Crippen molar-refractivity contribution in [2.24, 2.45) is 7.05 Å². The predicted octanol–water partition coefficient (Wildman–Crippen LogP) is 5.68. The Balaban J connectivity index is 1.28. The van der Waals surface area contributed by atoms with E-state index in [9.17, 15) is 9.50 Å². The number of aliphatic hydroxyl groups is 1. The lowest BCUT2D eigenvalue weighted by Crippen LogP contribution is -2.35. The third-order valence-electron chi connectivity index (χ3n) is 8.09. The molecule has 2 saturated carbocycles. The fourth-order valence-electron chi connectivity index (χ4n) is 5.80. The maximum atomic E-state index is 14.4. The van der Waals surface area contributed by atoms with Crippen LogP contribution in [0.15, 0.2) is 53.2 Å². The summed E-state index contributed by atoms with van der Waals surface area (Å²) in [6.07, 6.45) is 6.41. The average Bonchev–Trinajstić information content (AvgIpc) is 3.34. The zero-order valence-electron chi connectivity index (χ0n) is 22.6. The summed E-state index contributed by atoms with van der Waals surface area (Å²) in [4.78, 5) is 9.82. The van der Waals surface area contributed by atoms with Crippen molar-refractivity contribution in [3.63, 3.8) is 0 Å². The molecule has 204 valence electrons. The number of nitrogens with one attached hydrogen (secondary N) is 1. The Morgan fingerprint density at radius 2 is 1.93 bits per heavy atom. The van der Waals surface area contributed by atoms with Crippen molar-refractivity contribution in [2.45, 2.75) is 63.6 Å². The van der Waals surface area contributed by atoms with E-state index < -0.39 is 0 Å². The van der Waals surface area contributed by atoms with Crippen LogP contribution in [0.2, 0.25) is 0 Å². The molecule has 40 heavy (non-hydrogen) atoms. The Kier molecular flexibility index (Phi) is 6.20. The van der Waals surface area contributed by atoms with Crippen molar-refractivity contribution >= 4 is 11.1 Å². The molecule has 3 aromatic heterocycles. The highest BCUT2D eigenvalue weighted by Crippen LogP contribution is 2.42. The summed E-state index contributed by atoms with van der Waals surface area (Å²) in [5.41, 5.74) is 7.67. The quantitative estimate of drug-likeness (QED) is 0.275. The number of aromatic nitrogens is 5. The highest BCUT2D eigenvalue weighted by molar-refractivity contribution is 5.84. The average molecular weight is 539 g/mol. The van der Waals surface area contributed by atoms with Gasteiger partial charge in [0, 0.05) is 36.8 Å². The fourth-order valence-corrected chi connectivity index (χ4v) is 5.80. The molecular formula is C31H31FN6O2. The standard InChI is InChI=1S/C31H31FN6O2/c1-17-10-18(15-33-24-4-3-5-28(24)39)11-26-29(17)40-31(36-26)27-13-20(12-25(35-27)19-6-7-19)22-9-8-21(32)14-23(22)30-37-34-16-38(30)2/h8-14,16,19,24,28,33,39H,3-7,15H2,1-2H3/t24-,28+/m1/s1. The second-order valence-electron chi connectivity index (χ2n) is 11.2. The van der Waals surface area contributed by atoms with E-state index in [1.165, 1.54) is 12.1 Å². The van der Waals surface area contributed by atoms with Crippen LogP contribution in [0.4, 0.5) is 4.39 Å². The summed E-state index contributed by atoms with van der Waals surface area (Å²) >= 11 is 0. The summed E-state index contributed by atoms with van der Waals surface area (Å²) < 4.78 is 22.5. The molecule has 3 heterocycles. The van der Waals surface area contributed by atoms with Crippen LogP contribution < -0.4 is 5.32 Å². The monoisotopic (exact) mass is 538 g/mol. The number of rotatable bonds is 7. The lowest BCUT2D eigenvalue weighted by Gasteiger charge is -2.16. The minimum Gasteiger partial charge on any atom is -0.434 e. The first-order valence-electron chi connectivity index (χ1n) is 13.9. The first-order valence-corrected chi connectivity index (χ1v) is 13.9. The predicted molar refractivity (Wildman–Crippen MR) is 150 cm³/mol. The summed E-state index contributed by atoms with van der Waals surface area (Å²) in [5, 5.41) is 21.9. The van der Waals surface area contributed by atoms with Gasteiger partial charge in [0.2, 0.25) is 5.89 Å². The van der Waals surface area contributed by atoms with Crippen LogP contribution in [0.3, 0.4) is 0 Å². The molecule has 2 fully saturated rings. The van der Waals surface area contributed by atoms with Crippen molar-refractivity contribution in [1.82, 2.24) is 30.0 Å². The van der Waals surface area contributed by atoms with Gasteiger partial charge in [-0.1, -0.05) is 12.1 Å². The minimum atomic E-state index is -0.333. The van der Waals surface area contributed by atoms with E-state index in [-0.39, 0.29) is 18.0 Å². The second-order valence-corrected chi connectivity index (χ2v) is 11.2. The minimum absolute atomic E-state index is 0.134. The Hall–Kier alpha value is -3.95. The summed E-state index contributed by atoms with van der Waals surface area (Å²) in [7, 11) is 1.85. The lowest BCUT2D eigenvalue weighted by atomic mass is 9.97. The lowest BCUT2D eigenvalue weighted by molar-refractivity contribution is 0.148. The molecule has 0 radical (unpaired) electrons. The number of nitrogens with zero attached hydrogens (tertiary/aromatic N) is 5. The second kappa shape index (κ2) is 9.91. The van der Waals surface area contributed by atoms with Gasteiger partial charge in [0.25, 0.3) is 0 Å². The summed E-state index contributed by atoms with van der Waals surface area (Å²) in [5.74, 6) is 1.11. The first-order chi connectivity index (χ1) is 19.4. The first kappa shape index (κ1) is 25.0. The van der Waals surface area contributed by atoms with Gasteiger partial charge in [-0.15, -0.1) is 10.2 Å². The van der Waals surface area contributed by atoms with E-state index in [0.717, 1.165) is 71.2 Å².